The third-order valence-electron chi connectivity index (χ3n) is 5.98. The van der Waals surface area contributed by atoms with Gasteiger partial charge in [-0.05, 0) is 59.7 Å². The smallest absolute Gasteiger partial charge is 0.303 e. The maximum atomic E-state index is 13.0. The fourth-order valence-corrected chi connectivity index (χ4v) is 4.20. The van der Waals surface area contributed by atoms with Gasteiger partial charge in [0.15, 0.2) is 0 Å². The molecule has 3 aromatic carbocycles. The minimum atomic E-state index is -1.02. The summed E-state index contributed by atoms with van der Waals surface area (Å²) in [5, 5.41) is 14.7. The Labute approximate surface area is 192 Å². The Kier molecular flexibility index (Phi) is 6.54. The molecule has 6 heteroatoms. The number of carboxylic acid groups (broad SMARTS) is 1. The minimum Gasteiger partial charge on any atom is -0.481 e. The van der Waals surface area contributed by atoms with Crippen LogP contribution in [0.25, 0.3) is 11.1 Å². The van der Waals surface area contributed by atoms with Crippen molar-refractivity contribution < 1.29 is 19.5 Å². The molecule has 0 fully saturated rings. The van der Waals surface area contributed by atoms with E-state index in [-0.39, 0.29) is 18.9 Å². The number of benzene rings is 3. The number of carbonyl (C=O) groups excluding carboxylic acids is 2. The third-order valence-corrected chi connectivity index (χ3v) is 5.98. The lowest BCUT2D eigenvalue weighted by Gasteiger charge is -2.21. The van der Waals surface area contributed by atoms with Crippen LogP contribution in [0.15, 0.2) is 72.8 Å². The second-order valence-electron chi connectivity index (χ2n) is 8.31. The standard InChI is InChI=1S/C27H26N2O4/c1-17(18-7-3-2-4-8-18)28-27(33)24(13-14-25(30)31)29-26(32)20-11-12-23-21(16-20)15-19-9-5-6-10-22(19)23/h2-12,16-17,24H,13-15H2,1H3,(H,28,33)(H,29,32)(H,30,31)/t17-,24+/m1/s1. The topological polar surface area (TPSA) is 95.5 Å². The van der Waals surface area contributed by atoms with Crippen LogP contribution in [0.3, 0.4) is 0 Å². The molecule has 3 aromatic rings. The van der Waals surface area contributed by atoms with E-state index in [2.05, 4.69) is 22.8 Å². The van der Waals surface area contributed by atoms with Crippen LogP contribution >= 0.6 is 0 Å². The Balaban J connectivity index is 1.48. The molecule has 1 aliphatic rings. The highest BCUT2D eigenvalue weighted by Crippen LogP contribution is 2.36. The first-order valence-corrected chi connectivity index (χ1v) is 11.0. The molecular formula is C27H26N2O4. The van der Waals surface area contributed by atoms with E-state index < -0.39 is 23.8 Å². The average molecular weight is 443 g/mol. The highest BCUT2D eigenvalue weighted by molar-refractivity contribution is 5.98. The van der Waals surface area contributed by atoms with Gasteiger partial charge in [0.1, 0.15) is 6.04 Å². The number of hydrogen-bond donors (Lipinski definition) is 3. The summed E-state index contributed by atoms with van der Waals surface area (Å²) in [5.74, 6) is -1.82. The molecule has 3 N–H and O–H groups in total. The van der Waals surface area contributed by atoms with E-state index in [1.165, 1.54) is 11.1 Å². The Bertz CT molecular complexity index is 1190. The van der Waals surface area contributed by atoms with Gasteiger partial charge < -0.3 is 15.7 Å². The van der Waals surface area contributed by atoms with Crippen LogP contribution in [0.5, 0.6) is 0 Å². The van der Waals surface area contributed by atoms with Gasteiger partial charge in [0.2, 0.25) is 5.91 Å². The van der Waals surface area contributed by atoms with Crippen LogP contribution in [-0.4, -0.2) is 28.9 Å². The summed E-state index contributed by atoms with van der Waals surface area (Å²) < 4.78 is 0. The number of hydrogen-bond acceptors (Lipinski definition) is 3. The zero-order valence-electron chi connectivity index (χ0n) is 18.4. The zero-order valence-corrected chi connectivity index (χ0v) is 18.4. The Morgan fingerprint density at radius 2 is 1.58 bits per heavy atom. The number of carboxylic acids is 1. The maximum absolute atomic E-state index is 13.0. The van der Waals surface area contributed by atoms with Crippen molar-refractivity contribution in [2.24, 2.45) is 0 Å². The monoisotopic (exact) mass is 442 g/mol. The highest BCUT2D eigenvalue weighted by atomic mass is 16.4. The van der Waals surface area contributed by atoms with Gasteiger partial charge >= 0.3 is 5.97 Å². The van der Waals surface area contributed by atoms with Crippen molar-refractivity contribution in [3.05, 3.63) is 95.1 Å². The van der Waals surface area contributed by atoms with E-state index >= 15 is 0 Å². The summed E-state index contributed by atoms with van der Waals surface area (Å²) in [4.78, 5) is 37.0. The molecule has 4 rings (SSSR count). The molecule has 0 spiro atoms. The van der Waals surface area contributed by atoms with Crippen molar-refractivity contribution in [3.8, 4) is 11.1 Å². The molecule has 33 heavy (non-hydrogen) atoms. The molecule has 0 saturated heterocycles. The minimum absolute atomic E-state index is 0.00476. The van der Waals surface area contributed by atoms with Crippen LogP contribution in [0.1, 0.15) is 52.9 Å². The largest absolute Gasteiger partial charge is 0.481 e. The van der Waals surface area contributed by atoms with E-state index in [0.717, 1.165) is 23.1 Å². The fourth-order valence-electron chi connectivity index (χ4n) is 4.20. The lowest BCUT2D eigenvalue weighted by molar-refractivity contribution is -0.137. The SMILES string of the molecule is C[C@@H](NC(=O)[C@H](CCC(=O)O)NC(=O)c1ccc2c(c1)Cc1ccccc1-2)c1ccccc1. The van der Waals surface area contributed by atoms with Gasteiger partial charge in [-0.25, -0.2) is 0 Å². The molecule has 0 unspecified atom stereocenters. The van der Waals surface area contributed by atoms with Crippen molar-refractivity contribution >= 4 is 17.8 Å². The maximum Gasteiger partial charge on any atom is 0.303 e. The van der Waals surface area contributed by atoms with Gasteiger partial charge in [-0.15, -0.1) is 0 Å². The van der Waals surface area contributed by atoms with E-state index in [1.54, 1.807) is 6.07 Å². The Morgan fingerprint density at radius 1 is 0.879 bits per heavy atom. The zero-order chi connectivity index (χ0) is 23.4. The predicted molar refractivity (Wildman–Crippen MR) is 126 cm³/mol. The third kappa shape index (κ3) is 5.12. The number of amides is 2. The van der Waals surface area contributed by atoms with Crippen LogP contribution in [-0.2, 0) is 16.0 Å². The molecule has 0 bridgehead atoms. The van der Waals surface area contributed by atoms with Gasteiger partial charge in [0.25, 0.3) is 5.91 Å². The number of nitrogens with one attached hydrogen (secondary N) is 2. The van der Waals surface area contributed by atoms with Crippen molar-refractivity contribution in [1.82, 2.24) is 10.6 Å². The molecule has 1 aliphatic carbocycles. The summed E-state index contributed by atoms with van der Waals surface area (Å²) in [6.45, 7) is 1.85. The lowest BCUT2D eigenvalue weighted by atomic mass is 10.0. The average Bonchev–Trinajstić information content (AvgIpc) is 3.19. The lowest BCUT2D eigenvalue weighted by Crippen LogP contribution is -2.47. The van der Waals surface area contributed by atoms with E-state index in [0.29, 0.717) is 5.56 Å². The first-order valence-electron chi connectivity index (χ1n) is 11.0. The van der Waals surface area contributed by atoms with E-state index in [1.807, 2.05) is 61.5 Å². The van der Waals surface area contributed by atoms with E-state index in [9.17, 15) is 14.4 Å². The van der Waals surface area contributed by atoms with Crippen LogP contribution < -0.4 is 10.6 Å². The van der Waals surface area contributed by atoms with Gasteiger partial charge in [0.05, 0.1) is 6.04 Å². The molecule has 6 nitrogen and oxygen atoms in total. The molecule has 0 aromatic heterocycles. The highest BCUT2D eigenvalue weighted by Gasteiger charge is 2.25. The summed E-state index contributed by atoms with van der Waals surface area (Å²) >= 11 is 0. The second kappa shape index (κ2) is 9.69. The second-order valence-corrected chi connectivity index (χ2v) is 8.31. The van der Waals surface area contributed by atoms with Gasteiger partial charge in [-0.2, -0.15) is 0 Å². The normalized spacial score (nSPS) is 13.4. The molecule has 0 radical (unpaired) electrons. The molecule has 0 aliphatic heterocycles. The molecule has 168 valence electrons. The summed E-state index contributed by atoms with van der Waals surface area (Å²) in [7, 11) is 0. The number of fused-ring (bicyclic) bond motifs is 3. The molecule has 2 atom stereocenters. The van der Waals surface area contributed by atoms with Crippen molar-refractivity contribution in [2.45, 2.75) is 38.3 Å². The quantitative estimate of drug-likeness (QED) is 0.383. The first-order chi connectivity index (χ1) is 15.9. The molecular weight excluding hydrogens is 416 g/mol. The number of aliphatic carboxylic acids is 1. The molecule has 2 amide bonds. The first kappa shape index (κ1) is 22.3. The fraction of sp³-hybridized carbons (Fsp3) is 0.222. The number of carbonyl (C=O) groups is 3. The Hall–Kier alpha value is -3.93. The van der Waals surface area contributed by atoms with Crippen molar-refractivity contribution in [1.29, 1.82) is 0 Å². The van der Waals surface area contributed by atoms with Gasteiger partial charge in [-0.1, -0.05) is 60.7 Å². The van der Waals surface area contributed by atoms with Crippen molar-refractivity contribution in [3.63, 3.8) is 0 Å². The Morgan fingerprint density at radius 3 is 2.33 bits per heavy atom. The van der Waals surface area contributed by atoms with Crippen LogP contribution in [0.2, 0.25) is 0 Å². The van der Waals surface area contributed by atoms with E-state index in [4.69, 9.17) is 5.11 Å². The van der Waals surface area contributed by atoms with Gasteiger partial charge in [-0.3, -0.25) is 14.4 Å². The van der Waals surface area contributed by atoms with Crippen LogP contribution in [0.4, 0.5) is 0 Å². The van der Waals surface area contributed by atoms with Crippen LogP contribution in [0, 0.1) is 0 Å². The predicted octanol–water partition coefficient (Wildman–Crippen LogP) is 4.10. The molecule has 0 heterocycles. The summed E-state index contributed by atoms with van der Waals surface area (Å²) in [6.07, 6.45) is 0.534. The molecule has 0 saturated carbocycles. The van der Waals surface area contributed by atoms with Crippen molar-refractivity contribution in [2.75, 3.05) is 0 Å². The summed E-state index contributed by atoms with van der Waals surface area (Å²) in [6, 6.07) is 21.9. The van der Waals surface area contributed by atoms with Gasteiger partial charge in [0, 0.05) is 12.0 Å². The number of rotatable bonds is 8. The summed E-state index contributed by atoms with van der Waals surface area (Å²) in [5.41, 5.74) is 5.94.